The minimum atomic E-state index is -4.48. The molecule has 0 spiro atoms. The summed E-state index contributed by atoms with van der Waals surface area (Å²) in [6, 6.07) is 0. The number of hydrogen-bond donors (Lipinski definition) is 0. The van der Waals surface area contributed by atoms with Crippen molar-refractivity contribution in [3.8, 4) is 0 Å². The van der Waals surface area contributed by atoms with Gasteiger partial charge in [-0.2, -0.15) is 4.67 Å². The van der Waals surface area contributed by atoms with Crippen molar-refractivity contribution in [1.82, 2.24) is 0 Å². The highest BCUT2D eigenvalue weighted by molar-refractivity contribution is 7.45. The summed E-state index contributed by atoms with van der Waals surface area (Å²) < 4.78 is 33.2. The van der Waals surface area contributed by atoms with Crippen LogP contribution in [0.5, 0.6) is 0 Å². The summed E-state index contributed by atoms with van der Waals surface area (Å²) in [5.41, 5.74) is 0. The number of unbranched alkanes of at least 4 members (excludes halogenated alkanes) is 14. The van der Waals surface area contributed by atoms with Gasteiger partial charge in [0.05, 0.1) is 40.5 Å². The van der Waals surface area contributed by atoms with E-state index in [0.29, 0.717) is 24.2 Å². The van der Waals surface area contributed by atoms with Gasteiger partial charge in [0.25, 0.3) is 7.82 Å². The van der Waals surface area contributed by atoms with Gasteiger partial charge in [-0.05, 0) is 6.42 Å². The molecule has 1 heterocycles. The number of quaternary nitrogens is 1. The first-order valence-electron chi connectivity index (χ1n) is 14.5. The summed E-state index contributed by atoms with van der Waals surface area (Å²) in [6.45, 7) is 3.71. The highest BCUT2D eigenvalue weighted by Crippen LogP contribution is 2.38. The molecule has 0 aliphatic carbocycles. The molecule has 216 valence electrons. The molecular formula is C27H56NO7P. The molecule has 1 saturated heterocycles. The van der Waals surface area contributed by atoms with E-state index in [1.807, 2.05) is 21.1 Å². The van der Waals surface area contributed by atoms with E-state index in [-0.39, 0.29) is 25.4 Å². The predicted octanol–water partition coefficient (Wildman–Crippen LogP) is 6.17. The number of rotatable bonds is 24. The Morgan fingerprint density at radius 3 is 1.72 bits per heavy atom. The second-order valence-corrected chi connectivity index (χ2v) is 12.6. The topological polar surface area (TPSA) is 86.3 Å². The minimum absolute atomic E-state index is 0.0173. The second-order valence-electron chi connectivity index (χ2n) is 11.3. The molecule has 8 nitrogen and oxygen atoms in total. The standard InChI is InChI=1S/C27H56NO7P/c1-5-6-7-8-9-10-11-12-13-14-15-16-17-18-19-20-26-23-32-27(24-31-26)25-33-35-36(29,30)34-22-21-28(2,3)4/h26-27H,5-25H2,1-4H3/t26-,27-/m0/s1. The summed E-state index contributed by atoms with van der Waals surface area (Å²) in [4.78, 5) is 16.5. The third-order valence-electron chi connectivity index (χ3n) is 6.57. The van der Waals surface area contributed by atoms with Gasteiger partial charge in [-0.25, -0.2) is 4.89 Å². The van der Waals surface area contributed by atoms with Crippen molar-refractivity contribution in [3.05, 3.63) is 0 Å². The van der Waals surface area contributed by atoms with Gasteiger partial charge in [0.1, 0.15) is 25.9 Å². The van der Waals surface area contributed by atoms with Crippen LogP contribution in [0.15, 0.2) is 0 Å². The van der Waals surface area contributed by atoms with Crippen LogP contribution in [0, 0.1) is 0 Å². The molecule has 1 aliphatic heterocycles. The Bertz CT molecular complexity index is 551. The van der Waals surface area contributed by atoms with E-state index in [1.54, 1.807) is 0 Å². The lowest BCUT2D eigenvalue weighted by atomic mass is 10.0. The first-order valence-corrected chi connectivity index (χ1v) is 16.0. The zero-order chi connectivity index (χ0) is 26.5. The van der Waals surface area contributed by atoms with Crippen LogP contribution < -0.4 is 4.89 Å². The van der Waals surface area contributed by atoms with E-state index < -0.39 is 7.82 Å². The zero-order valence-corrected chi connectivity index (χ0v) is 24.7. The van der Waals surface area contributed by atoms with Crippen molar-refractivity contribution in [2.24, 2.45) is 0 Å². The molecule has 36 heavy (non-hydrogen) atoms. The van der Waals surface area contributed by atoms with Crippen LogP contribution in [0.1, 0.15) is 110 Å². The van der Waals surface area contributed by atoms with Crippen molar-refractivity contribution in [3.63, 3.8) is 0 Å². The summed E-state index contributed by atoms with van der Waals surface area (Å²) in [5, 5.41) is 0. The Morgan fingerprint density at radius 2 is 1.25 bits per heavy atom. The number of nitrogens with zero attached hydrogens (tertiary/aromatic N) is 1. The lowest BCUT2D eigenvalue weighted by molar-refractivity contribution is -0.870. The van der Waals surface area contributed by atoms with Crippen molar-refractivity contribution in [2.75, 3.05) is 54.1 Å². The van der Waals surface area contributed by atoms with Gasteiger partial charge in [-0.15, -0.1) is 0 Å². The molecule has 0 amide bonds. The SMILES string of the molecule is CCCCCCCCCCCCCCCCC[C@H]1CO[C@H](COOP(=O)([O-])OCC[N+](C)(C)C)CO1. The number of hydrogen-bond acceptors (Lipinski definition) is 7. The predicted molar refractivity (Wildman–Crippen MR) is 143 cm³/mol. The van der Waals surface area contributed by atoms with E-state index >= 15 is 0 Å². The van der Waals surface area contributed by atoms with Gasteiger partial charge in [-0.1, -0.05) is 103 Å². The monoisotopic (exact) mass is 537 g/mol. The lowest BCUT2D eigenvalue weighted by Gasteiger charge is -2.30. The van der Waals surface area contributed by atoms with Gasteiger partial charge in [0, 0.05) is 0 Å². The summed E-state index contributed by atoms with van der Waals surface area (Å²) >= 11 is 0. The van der Waals surface area contributed by atoms with Gasteiger partial charge >= 0.3 is 0 Å². The third-order valence-corrected chi connectivity index (χ3v) is 7.36. The molecule has 3 atom stereocenters. The van der Waals surface area contributed by atoms with Gasteiger partial charge in [0.2, 0.25) is 0 Å². The Balaban J connectivity index is 1.88. The van der Waals surface area contributed by atoms with E-state index in [4.69, 9.17) is 18.9 Å². The Kier molecular flexibility index (Phi) is 19.7. The first-order chi connectivity index (χ1) is 17.2. The van der Waals surface area contributed by atoms with Gasteiger partial charge in [0.15, 0.2) is 0 Å². The van der Waals surface area contributed by atoms with E-state index in [2.05, 4.69) is 11.6 Å². The number of ether oxygens (including phenoxy) is 2. The molecule has 0 N–H and O–H groups in total. The van der Waals surface area contributed by atoms with Crippen LogP contribution in [-0.2, 0) is 28.1 Å². The summed E-state index contributed by atoms with van der Waals surface area (Å²) in [5.74, 6) is 0. The highest BCUT2D eigenvalue weighted by Gasteiger charge is 2.23. The molecule has 0 saturated carbocycles. The van der Waals surface area contributed by atoms with Crippen LogP contribution in [-0.4, -0.2) is 70.8 Å². The van der Waals surface area contributed by atoms with Gasteiger partial charge in [-0.3, -0.25) is 4.57 Å². The lowest BCUT2D eigenvalue weighted by Crippen LogP contribution is -2.38. The Labute approximate surface area is 221 Å². The number of likely N-dealkylation sites (N-methyl/N-ethyl adjacent to an activating group) is 1. The molecule has 0 aromatic heterocycles. The molecule has 1 rings (SSSR count). The quantitative estimate of drug-likeness (QED) is 0.0478. The molecule has 0 bridgehead atoms. The smallest absolute Gasteiger partial charge is 0.298 e. The summed E-state index contributed by atoms with van der Waals surface area (Å²) in [7, 11) is 1.37. The molecule has 1 fully saturated rings. The van der Waals surface area contributed by atoms with Crippen molar-refractivity contribution < 1.29 is 37.5 Å². The van der Waals surface area contributed by atoms with Crippen LogP contribution in [0.4, 0.5) is 0 Å². The van der Waals surface area contributed by atoms with E-state index in [1.165, 1.54) is 89.9 Å². The average Bonchev–Trinajstić information content (AvgIpc) is 2.81. The normalized spacial score (nSPS) is 20.5. The number of phosphoric acid groups is 1. The first kappa shape index (κ1) is 34.0. The maximum atomic E-state index is 11.7. The minimum Gasteiger partial charge on any atom is -0.754 e. The van der Waals surface area contributed by atoms with Gasteiger partial charge < -0.3 is 23.4 Å². The van der Waals surface area contributed by atoms with Crippen LogP contribution in [0.25, 0.3) is 0 Å². The second kappa shape index (κ2) is 20.9. The Morgan fingerprint density at radius 1 is 0.778 bits per heavy atom. The average molecular weight is 538 g/mol. The fourth-order valence-electron chi connectivity index (χ4n) is 4.21. The van der Waals surface area contributed by atoms with Crippen LogP contribution in [0.2, 0.25) is 0 Å². The van der Waals surface area contributed by atoms with Crippen molar-refractivity contribution in [1.29, 1.82) is 0 Å². The maximum absolute atomic E-state index is 11.7. The fraction of sp³-hybridized carbons (Fsp3) is 1.00. The van der Waals surface area contributed by atoms with Crippen LogP contribution in [0.3, 0.4) is 0 Å². The molecule has 0 aromatic carbocycles. The fourth-order valence-corrected chi connectivity index (χ4v) is 4.75. The maximum Gasteiger partial charge on any atom is 0.298 e. The zero-order valence-electron chi connectivity index (χ0n) is 23.8. The molecular weight excluding hydrogens is 481 g/mol. The molecule has 0 radical (unpaired) electrons. The summed E-state index contributed by atoms with van der Waals surface area (Å²) in [6.07, 6.45) is 21.2. The third kappa shape index (κ3) is 20.9. The molecule has 1 unspecified atom stereocenters. The largest absolute Gasteiger partial charge is 0.754 e. The van der Waals surface area contributed by atoms with Crippen molar-refractivity contribution in [2.45, 2.75) is 122 Å². The van der Waals surface area contributed by atoms with Crippen molar-refractivity contribution >= 4 is 7.82 Å². The van der Waals surface area contributed by atoms with E-state index in [0.717, 1.165) is 12.8 Å². The highest BCUT2D eigenvalue weighted by atomic mass is 31.2. The Hall–Kier alpha value is -0.0500. The van der Waals surface area contributed by atoms with E-state index in [9.17, 15) is 9.46 Å². The number of phosphoric ester groups is 1. The molecule has 0 aromatic rings. The van der Waals surface area contributed by atoms with Crippen LogP contribution >= 0.6 is 7.82 Å². The molecule has 9 heteroatoms. The molecule has 1 aliphatic rings.